The summed E-state index contributed by atoms with van der Waals surface area (Å²) in [6.45, 7) is 2.20. The summed E-state index contributed by atoms with van der Waals surface area (Å²) in [6.07, 6.45) is 2.41. The van der Waals surface area contributed by atoms with Crippen molar-refractivity contribution in [2.24, 2.45) is 0 Å². The number of hydrogen-bond acceptors (Lipinski definition) is 5. The quantitative estimate of drug-likeness (QED) is 0.606. The standard InChI is InChI=1S/C11H17N3OS/c1-7-9(12-2)13-10(8-3-4-8)14-11(7)16-6-5-15/h8,15H,3-6H2,1-2H3,(H,12,13,14). The lowest BCUT2D eigenvalue weighted by Crippen LogP contribution is -2.04. The second-order valence-electron chi connectivity index (χ2n) is 3.96. The minimum absolute atomic E-state index is 0.182. The summed E-state index contributed by atoms with van der Waals surface area (Å²) in [6, 6.07) is 0. The first-order valence-electron chi connectivity index (χ1n) is 5.56. The predicted octanol–water partition coefficient (Wildman–Crippen LogP) is 1.79. The molecule has 16 heavy (non-hydrogen) atoms. The molecule has 1 aromatic rings. The van der Waals surface area contributed by atoms with E-state index in [4.69, 9.17) is 5.11 Å². The van der Waals surface area contributed by atoms with Crippen molar-refractivity contribution < 1.29 is 5.11 Å². The van der Waals surface area contributed by atoms with Crippen LogP contribution in [0.1, 0.15) is 30.1 Å². The highest BCUT2D eigenvalue weighted by atomic mass is 32.2. The van der Waals surface area contributed by atoms with Crippen molar-refractivity contribution in [2.45, 2.75) is 30.7 Å². The van der Waals surface area contributed by atoms with Crippen LogP contribution in [0.5, 0.6) is 0 Å². The summed E-state index contributed by atoms with van der Waals surface area (Å²) in [5, 5.41) is 13.0. The van der Waals surface area contributed by atoms with E-state index in [0.717, 1.165) is 22.2 Å². The van der Waals surface area contributed by atoms with Gasteiger partial charge >= 0.3 is 0 Å². The van der Waals surface area contributed by atoms with Gasteiger partial charge in [0.25, 0.3) is 0 Å². The Morgan fingerprint density at radius 3 is 2.75 bits per heavy atom. The molecule has 0 amide bonds. The molecule has 1 saturated carbocycles. The van der Waals surface area contributed by atoms with E-state index in [2.05, 4.69) is 15.3 Å². The number of rotatable bonds is 5. The summed E-state index contributed by atoms with van der Waals surface area (Å²) >= 11 is 1.59. The number of aliphatic hydroxyl groups excluding tert-OH is 1. The van der Waals surface area contributed by atoms with E-state index in [9.17, 15) is 0 Å². The van der Waals surface area contributed by atoms with Crippen LogP contribution < -0.4 is 5.32 Å². The summed E-state index contributed by atoms with van der Waals surface area (Å²) in [5.74, 6) is 3.11. The predicted molar refractivity (Wildman–Crippen MR) is 66.1 cm³/mol. The Balaban J connectivity index is 2.28. The summed E-state index contributed by atoms with van der Waals surface area (Å²) < 4.78 is 0. The van der Waals surface area contributed by atoms with Gasteiger partial charge < -0.3 is 10.4 Å². The summed E-state index contributed by atoms with van der Waals surface area (Å²) in [7, 11) is 1.88. The van der Waals surface area contributed by atoms with Crippen molar-refractivity contribution in [3.63, 3.8) is 0 Å². The molecule has 0 unspecified atom stereocenters. The third-order valence-electron chi connectivity index (χ3n) is 2.63. The highest BCUT2D eigenvalue weighted by Gasteiger charge is 2.28. The number of aromatic nitrogens is 2. The number of nitrogens with zero attached hydrogens (tertiary/aromatic N) is 2. The van der Waals surface area contributed by atoms with E-state index < -0.39 is 0 Å². The van der Waals surface area contributed by atoms with Crippen molar-refractivity contribution in [1.29, 1.82) is 0 Å². The topological polar surface area (TPSA) is 58.0 Å². The number of thioether (sulfide) groups is 1. The molecule has 0 spiro atoms. The smallest absolute Gasteiger partial charge is 0.135 e. The molecule has 1 heterocycles. The van der Waals surface area contributed by atoms with E-state index in [1.165, 1.54) is 12.8 Å². The maximum absolute atomic E-state index is 8.86. The Bertz CT molecular complexity index is 380. The average molecular weight is 239 g/mol. The lowest BCUT2D eigenvalue weighted by molar-refractivity contribution is 0.322. The Morgan fingerprint density at radius 1 is 1.44 bits per heavy atom. The van der Waals surface area contributed by atoms with Crippen LogP contribution in [0.25, 0.3) is 0 Å². The number of hydrogen-bond donors (Lipinski definition) is 2. The SMILES string of the molecule is CNc1nc(C2CC2)nc(SCCO)c1C. The van der Waals surface area contributed by atoms with Crippen LogP contribution in [0.4, 0.5) is 5.82 Å². The van der Waals surface area contributed by atoms with Gasteiger partial charge in [0.2, 0.25) is 0 Å². The minimum atomic E-state index is 0.182. The first kappa shape index (κ1) is 11.7. The highest BCUT2D eigenvalue weighted by molar-refractivity contribution is 7.99. The largest absolute Gasteiger partial charge is 0.396 e. The molecule has 0 aromatic carbocycles. The molecule has 5 heteroatoms. The van der Waals surface area contributed by atoms with Crippen LogP contribution in [0.15, 0.2) is 5.03 Å². The minimum Gasteiger partial charge on any atom is -0.396 e. The van der Waals surface area contributed by atoms with Crippen molar-refractivity contribution in [1.82, 2.24) is 9.97 Å². The first-order valence-corrected chi connectivity index (χ1v) is 6.54. The molecular weight excluding hydrogens is 222 g/mol. The van der Waals surface area contributed by atoms with Gasteiger partial charge in [-0.05, 0) is 19.8 Å². The molecule has 1 aromatic heterocycles. The molecule has 4 nitrogen and oxygen atoms in total. The van der Waals surface area contributed by atoms with Crippen LogP contribution in [0.2, 0.25) is 0 Å². The monoisotopic (exact) mass is 239 g/mol. The molecule has 2 N–H and O–H groups in total. The fourth-order valence-corrected chi connectivity index (χ4v) is 2.32. The maximum Gasteiger partial charge on any atom is 0.135 e. The lowest BCUT2D eigenvalue weighted by Gasteiger charge is -2.11. The zero-order valence-corrected chi connectivity index (χ0v) is 10.5. The van der Waals surface area contributed by atoms with E-state index in [-0.39, 0.29) is 6.61 Å². The maximum atomic E-state index is 8.86. The van der Waals surface area contributed by atoms with E-state index in [1.54, 1.807) is 11.8 Å². The Morgan fingerprint density at radius 2 is 2.19 bits per heavy atom. The molecular formula is C11H17N3OS. The molecule has 2 rings (SSSR count). The zero-order valence-electron chi connectivity index (χ0n) is 9.66. The Labute approximate surface area is 99.9 Å². The van der Waals surface area contributed by atoms with E-state index in [1.807, 2.05) is 14.0 Å². The normalized spacial score (nSPS) is 15.2. The van der Waals surface area contributed by atoms with Gasteiger partial charge in [0.05, 0.1) is 6.61 Å². The van der Waals surface area contributed by atoms with Gasteiger partial charge in [-0.3, -0.25) is 0 Å². The zero-order chi connectivity index (χ0) is 11.5. The van der Waals surface area contributed by atoms with Crippen molar-refractivity contribution in [2.75, 3.05) is 24.7 Å². The van der Waals surface area contributed by atoms with Gasteiger partial charge in [-0.2, -0.15) is 0 Å². The number of nitrogens with one attached hydrogen (secondary N) is 1. The van der Waals surface area contributed by atoms with Crippen LogP contribution in [-0.2, 0) is 0 Å². The molecule has 0 bridgehead atoms. The molecule has 0 atom stereocenters. The Hall–Kier alpha value is -0.810. The lowest BCUT2D eigenvalue weighted by atomic mass is 10.3. The molecule has 0 radical (unpaired) electrons. The fraction of sp³-hybridized carbons (Fsp3) is 0.636. The second-order valence-corrected chi connectivity index (χ2v) is 5.04. The van der Waals surface area contributed by atoms with E-state index in [0.29, 0.717) is 11.7 Å². The van der Waals surface area contributed by atoms with Crippen LogP contribution in [-0.4, -0.2) is 34.5 Å². The van der Waals surface area contributed by atoms with Gasteiger partial charge in [-0.25, -0.2) is 9.97 Å². The van der Waals surface area contributed by atoms with Crippen LogP contribution >= 0.6 is 11.8 Å². The fourth-order valence-electron chi connectivity index (χ4n) is 1.56. The molecule has 0 aliphatic heterocycles. The highest BCUT2D eigenvalue weighted by Crippen LogP contribution is 2.39. The number of aliphatic hydroxyl groups is 1. The summed E-state index contributed by atoms with van der Waals surface area (Å²) in [5.41, 5.74) is 1.07. The van der Waals surface area contributed by atoms with Crippen molar-refractivity contribution in [3.8, 4) is 0 Å². The van der Waals surface area contributed by atoms with Gasteiger partial charge in [-0.1, -0.05) is 0 Å². The molecule has 1 aliphatic rings. The molecule has 88 valence electrons. The summed E-state index contributed by atoms with van der Waals surface area (Å²) in [4.78, 5) is 9.10. The molecule has 0 saturated heterocycles. The first-order chi connectivity index (χ1) is 7.76. The van der Waals surface area contributed by atoms with Gasteiger partial charge in [-0.15, -0.1) is 11.8 Å². The van der Waals surface area contributed by atoms with Gasteiger partial charge in [0.1, 0.15) is 16.7 Å². The van der Waals surface area contributed by atoms with Crippen LogP contribution in [0, 0.1) is 6.92 Å². The molecule has 1 fully saturated rings. The second kappa shape index (κ2) is 5.01. The number of anilines is 1. The van der Waals surface area contributed by atoms with Crippen molar-refractivity contribution >= 4 is 17.6 Å². The van der Waals surface area contributed by atoms with Gasteiger partial charge in [0, 0.05) is 24.3 Å². The third kappa shape index (κ3) is 2.47. The van der Waals surface area contributed by atoms with Crippen LogP contribution in [0.3, 0.4) is 0 Å². The van der Waals surface area contributed by atoms with E-state index >= 15 is 0 Å². The van der Waals surface area contributed by atoms with Crippen molar-refractivity contribution in [3.05, 3.63) is 11.4 Å². The van der Waals surface area contributed by atoms with Gasteiger partial charge in [0.15, 0.2) is 0 Å². The Kier molecular flexibility index (Phi) is 3.66. The average Bonchev–Trinajstić information content (AvgIpc) is 3.11. The molecule has 1 aliphatic carbocycles. The third-order valence-corrected chi connectivity index (χ3v) is 3.69.